The minimum absolute atomic E-state index is 0.0919. The molecule has 0 saturated carbocycles. The molecule has 112 valence electrons. The number of anilines is 2. The first-order valence-electron chi connectivity index (χ1n) is 6.36. The van der Waals surface area contributed by atoms with Crippen LogP contribution in [0.5, 0.6) is 0 Å². The second-order valence-corrected chi connectivity index (χ2v) is 5.27. The summed E-state index contributed by atoms with van der Waals surface area (Å²) in [6.07, 6.45) is 0. The van der Waals surface area contributed by atoms with E-state index in [-0.39, 0.29) is 12.5 Å². The number of benzene rings is 1. The van der Waals surface area contributed by atoms with E-state index in [4.69, 9.17) is 9.84 Å². The number of carboxylic acid groups (broad SMARTS) is 1. The highest BCUT2D eigenvalue weighted by Crippen LogP contribution is 2.38. The fourth-order valence-corrected chi connectivity index (χ4v) is 2.08. The number of carbonyl (C=O) groups is 3. The Morgan fingerprint density at radius 2 is 2.05 bits per heavy atom. The number of ether oxygens (including phenoxy) is 1. The highest BCUT2D eigenvalue weighted by atomic mass is 16.5. The molecular weight excluding hydrogens is 276 g/mol. The van der Waals surface area contributed by atoms with Gasteiger partial charge in [-0.1, -0.05) is 0 Å². The number of carboxylic acids is 1. The minimum Gasteiger partial charge on any atom is -0.480 e. The zero-order valence-corrected chi connectivity index (χ0v) is 11.7. The quantitative estimate of drug-likeness (QED) is 0.749. The third-order valence-corrected chi connectivity index (χ3v) is 3.25. The molecule has 0 radical (unpaired) electrons. The lowest BCUT2D eigenvalue weighted by atomic mass is 9.86. The van der Waals surface area contributed by atoms with Gasteiger partial charge in [0, 0.05) is 11.4 Å². The van der Waals surface area contributed by atoms with Gasteiger partial charge >= 0.3 is 5.97 Å². The minimum atomic E-state index is -1.13. The lowest BCUT2D eigenvalue weighted by Gasteiger charge is -2.16. The molecule has 0 saturated heterocycles. The van der Waals surface area contributed by atoms with Crippen LogP contribution in [0.1, 0.15) is 19.4 Å². The van der Waals surface area contributed by atoms with Crippen molar-refractivity contribution in [2.24, 2.45) is 0 Å². The van der Waals surface area contributed by atoms with Crippen molar-refractivity contribution in [1.29, 1.82) is 0 Å². The molecule has 1 heterocycles. The molecule has 0 aromatic heterocycles. The summed E-state index contributed by atoms with van der Waals surface area (Å²) in [5, 5.41) is 13.8. The van der Waals surface area contributed by atoms with E-state index in [0.717, 1.165) is 11.3 Å². The van der Waals surface area contributed by atoms with Crippen molar-refractivity contribution in [3.05, 3.63) is 23.8 Å². The van der Waals surface area contributed by atoms with Crippen LogP contribution in [0, 0.1) is 0 Å². The van der Waals surface area contributed by atoms with Crippen molar-refractivity contribution < 1.29 is 24.2 Å². The van der Waals surface area contributed by atoms with E-state index in [1.165, 1.54) is 0 Å². The van der Waals surface area contributed by atoms with Gasteiger partial charge in [-0.05, 0) is 37.6 Å². The lowest BCUT2D eigenvalue weighted by Crippen LogP contribution is -2.27. The van der Waals surface area contributed by atoms with Crippen LogP contribution in [0.25, 0.3) is 0 Å². The van der Waals surface area contributed by atoms with Crippen molar-refractivity contribution in [2.75, 3.05) is 23.8 Å². The van der Waals surface area contributed by atoms with Crippen molar-refractivity contribution in [2.45, 2.75) is 19.3 Å². The summed E-state index contributed by atoms with van der Waals surface area (Å²) in [5.74, 6) is -1.68. The van der Waals surface area contributed by atoms with E-state index in [9.17, 15) is 14.4 Å². The maximum Gasteiger partial charge on any atom is 0.329 e. The van der Waals surface area contributed by atoms with Gasteiger partial charge in [-0.15, -0.1) is 0 Å². The molecule has 1 aromatic rings. The van der Waals surface area contributed by atoms with Crippen molar-refractivity contribution in [1.82, 2.24) is 0 Å². The molecule has 21 heavy (non-hydrogen) atoms. The first-order chi connectivity index (χ1) is 9.80. The predicted octanol–water partition coefficient (Wildman–Crippen LogP) is 0.956. The molecule has 3 N–H and O–H groups in total. The van der Waals surface area contributed by atoms with Crippen LogP contribution < -0.4 is 10.6 Å². The van der Waals surface area contributed by atoms with Crippen molar-refractivity contribution in [3.8, 4) is 0 Å². The Kier molecular flexibility index (Phi) is 3.95. The average Bonchev–Trinajstić information content (AvgIpc) is 2.60. The van der Waals surface area contributed by atoms with Gasteiger partial charge in [-0.2, -0.15) is 0 Å². The smallest absolute Gasteiger partial charge is 0.329 e. The maximum absolute atomic E-state index is 11.8. The van der Waals surface area contributed by atoms with Gasteiger partial charge in [-0.25, -0.2) is 4.79 Å². The van der Waals surface area contributed by atoms with Crippen LogP contribution in [0.4, 0.5) is 11.4 Å². The summed E-state index contributed by atoms with van der Waals surface area (Å²) >= 11 is 0. The van der Waals surface area contributed by atoms with Gasteiger partial charge in [0.2, 0.25) is 11.8 Å². The van der Waals surface area contributed by atoms with Gasteiger partial charge in [0.05, 0.1) is 5.41 Å². The monoisotopic (exact) mass is 292 g/mol. The topological polar surface area (TPSA) is 105 Å². The normalized spacial score (nSPS) is 15.2. The molecular formula is C14H16N2O5. The van der Waals surface area contributed by atoms with Crippen LogP contribution in [-0.4, -0.2) is 36.1 Å². The number of rotatable bonds is 5. The number of amides is 2. The molecule has 0 bridgehead atoms. The SMILES string of the molecule is CC1(C)C(=O)Nc2ccc(NC(=O)COCC(=O)O)cc21. The van der Waals surface area contributed by atoms with E-state index in [0.29, 0.717) is 5.69 Å². The number of fused-ring (bicyclic) bond motifs is 1. The van der Waals surface area contributed by atoms with Gasteiger partial charge in [0.25, 0.3) is 0 Å². The molecule has 2 rings (SSSR count). The second kappa shape index (κ2) is 5.53. The number of carbonyl (C=O) groups excluding carboxylic acids is 2. The first-order valence-corrected chi connectivity index (χ1v) is 6.36. The Morgan fingerprint density at radius 1 is 1.33 bits per heavy atom. The van der Waals surface area contributed by atoms with E-state index in [1.807, 2.05) is 0 Å². The van der Waals surface area contributed by atoms with Gasteiger partial charge in [0.1, 0.15) is 13.2 Å². The lowest BCUT2D eigenvalue weighted by molar-refractivity contribution is -0.143. The molecule has 1 aliphatic heterocycles. The van der Waals surface area contributed by atoms with Gasteiger partial charge < -0.3 is 20.5 Å². The highest BCUT2D eigenvalue weighted by Gasteiger charge is 2.38. The Bertz CT molecular complexity index is 609. The fraction of sp³-hybridized carbons (Fsp3) is 0.357. The molecule has 7 nitrogen and oxygen atoms in total. The van der Waals surface area contributed by atoms with Crippen LogP contribution in [-0.2, 0) is 24.5 Å². The third-order valence-electron chi connectivity index (χ3n) is 3.25. The number of aliphatic carboxylic acids is 1. The molecule has 1 aliphatic rings. The summed E-state index contributed by atoms with van der Waals surface area (Å²) in [5.41, 5.74) is 1.40. The zero-order valence-electron chi connectivity index (χ0n) is 11.7. The highest BCUT2D eigenvalue weighted by molar-refractivity contribution is 6.06. The molecule has 7 heteroatoms. The Morgan fingerprint density at radius 3 is 2.71 bits per heavy atom. The molecule has 1 aromatic carbocycles. The predicted molar refractivity (Wildman–Crippen MR) is 75.2 cm³/mol. The van der Waals surface area contributed by atoms with Gasteiger partial charge in [-0.3, -0.25) is 9.59 Å². The Balaban J connectivity index is 2.03. The molecule has 2 amide bonds. The van der Waals surface area contributed by atoms with Crippen LogP contribution in [0.3, 0.4) is 0 Å². The largest absolute Gasteiger partial charge is 0.480 e. The fourth-order valence-electron chi connectivity index (χ4n) is 2.08. The Labute approximate surface area is 121 Å². The molecule has 0 unspecified atom stereocenters. The van der Waals surface area contributed by atoms with E-state index in [2.05, 4.69) is 10.6 Å². The zero-order chi connectivity index (χ0) is 15.6. The third kappa shape index (κ3) is 3.19. The van der Waals surface area contributed by atoms with Crippen molar-refractivity contribution in [3.63, 3.8) is 0 Å². The van der Waals surface area contributed by atoms with Crippen LogP contribution in [0.2, 0.25) is 0 Å². The van der Waals surface area contributed by atoms with Gasteiger partial charge in [0.15, 0.2) is 0 Å². The standard InChI is InChI=1S/C14H16N2O5/c1-14(2)9-5-8(3-4-10(9)16-13(14)20)15-11(17)6-21-7-12(18)19/h3-5H,6-7H2,1-2H3,(H,15,17)(H,16,20)(H,18,19). The molecule has 0 spiro atoms. The summed E-state index contributed by atoms with van der Waals surface area (Å²) < 4.78 is 4.70. The van der Waals surface area contributed by atoms with Crippen molar-refractivity contribution >= 4 is 29.2 Å². The molecule has 0 aliphatic carbocycles. The summed E-state index contributed by atoms with van der Waals surface area (Å²) in [6.45, 7) is 2.73. The van der Waals surface area contributed by atoms with Crippen LogP contribution in [0.15, 0.2) is 18.2 Å². The number of hydrogen-bond acceptors (Lipinski definition) is 4. The molecule has 0 atom stereocenters. The number of nitrogens with one attached hydrogen (secondary N) is 2. The average molecular weight is 292 g/mol. The second-order valence-electron chi connectivity index (χ2n) is 5.27. The van der Waals surface area contributed by atoms with E-state index < -0.39 is 23.9 Å². The molecule has 0 fully saturated rings. The maximum atomic E-state index is 11.8. The summed E-state index contributed by atoms with van der Waals surface area (Å²) in [4.78, 5) is 33.7. The van der Waals surface area contributed by atoms with E-state index in [1.54, 1.807) is 32.0 Å². The van der Waals surface area contributed by atoms with Crippen LogP contribution >= 0.6 is 0 Å². The summed E-state index contributed by atoms with van der Waals surface area (Å²) in [6, 6.07) is 5.10. The first kappa shape index (κ1) is 15.0. The summed E-state index contributed by atoms with van der Waals surface area (Å²) in [7, 11) is 0. The Hall–Kier alpha value is -2.41. The van der Waals surface area contributed by atoms with E-state index >= 15 is 0 Å². The number of hydrogen-bond donors (Lipinski definition) is 3.